The smallest absolute Gasteiger partial charge is 0.0268 e. The lowest BCUT2D eigenvalue weighted by Crippen LogP contribution is -2.47. The molecule has 0 aromatic carbocycles. The largest absolute Gasteiger partial charge is 0.255 e. The van der Waals surface area contributed by atoms with Crippen molar-refractivity contribution in [1.29, 1.82) is 0 Å². The van der Waals surface area contributed by atoms with Gasteiger partial charge >= 0.3 is 0 Å². The molecule has 0 aromatic heterocycles. The van der Waals surface area contributed by atoms with Crippen molar-refractivity contribution in [3.8, 4) is 0 Å². The van der Waals surface area contributed by atoms with Gasteiger partial charge in [-0.1, -0.05) is 0 Å². The Morgan fingerprint density at radius 1 is 1.43 bits per heavy atom. The number of rotatable bonds is 0. The Kier molecular flexibility index (Phi) is 0.664. The van der Waals surface area contributed by atoms with Gasteiger partial charge in [-0.25, -0.2) is 5.01 Å². The van der Waals surface area contributed by atoms with Crippen molar-refractivity contribution in [3.63, 3.8) is 0 Å². The van der Waals surface area contributed by atoms with Crippen molar-refractivity contribution >= 4 is 0 Å². The van der Waals surface area contributed by atoms with Gasteiger partial charge in [0.2, 0.25) is 0 Å². The van der Waals surface area contributed by atoms with Crippen molar-refractivity contribution in [3.05, 3.63) is 0 Å². The van der Waals surface area contributed by atoms with Crippen molar-refractivity contribution in [1.82, 2.24) is 10.4 Å². The Labute approximate surface area is 43.5 Å². The fraction of sp³-hybridized carbons (Fsp3) is 1.00. The fourth-order valence-corrected chi connectivity index (χ4v) is 1.32. The highest BCUT2D eigenvalue weighted by molar-refractivity contribution is 4.84. The number of hydrazine groups is 1. The lowest BCUT2D eigenvalue weighted by atomic mass is 10.1. The maximum absolute atomic E-state index is 3.29. The van der Waals surface area contributed by atoms with E-state index in [2.05, 4.69) is 10.4 Å². The summed E-state index contributed by atoms with van der Waals surface area (Å²) < 4.78 is 0. The summed E-state index contributed by atoms with van der Waals surface area (Å²) in [7, 11) is 0. The predicted octanol–water partition coefficient (Wildman–Crippen LogP) is -0.0310. The molecule has 0 aliphatic carbocycles. The van der Waals surface area contributed by atoms with Crippen LogP contribution in [0.3, 0.4) is 0 Å². The number of hydrogen-bond acceptors (Lipinski definition) is 2. The molecule has 0 radical (unpaired) electrons. The number of nitrogens with one attached hydrogen (secondary N) is 1. The van der Waals surface area contributed by atoms with Crippen LogP contribution < -0.4 is 5.43 Å². The Hall–Kier alpha value is -0.0800. The summed E-state index contributed by atoms with van der Waals surface area (Å²) in [6.07, 6.45) is 2.80. The molecule has 2 rings (SSSR count). The van der Waals surface area contributed by atoms with E-state index in [1.54, 1.807) is 0 Å². The molecule has 0 bridgehead atoms. The van der Waals surface area contributed by atoms with Crippen LogP contribution in [0.5, 0.6) is 0 Å². The highest BCUT2D eigenvalue weighted by Gasteiger charge is 2.31. The van der Waals surface area contributed by atoms with Gasteiger partial charge in [0, 0.05) is 19.1 Å². The normalized spacial score (nSPS) is 40.3. The van der Waals surface area contributed by atoms with E-state index in [-0.39, 0.29) is 0 Å². The van der Waals surface area contributed by atoms with Gasteiger partial charge in [-0.15, -0.1) is 0 Å². The lowest BCUT2D eigenvalue weighted by Gasteiger charge is -2.33. The molecule has 2 fully saturated rings. The molecule has 1 atom stereocenters. The predicted molar refractivity (Wildman–Crippen MR) is 27.7 cm³/mol. The minimum absolute atomic E-state index is 0.917. The Morgan fingerprint density at radius 2 is 2.43 bits per heavy atom. The van der Waals surface area contributed by atoms with Crippen LogP contribution >= 0.6 is 0 Å². The average molecular weight is 98.1 g/mol. The Bertz CT molecular complexity index is 72.1. The van der Waals surface area contributed by atoms with Crippen LogP contribution in [0.25, 0.3) is 0 Å². The van der Waals surface area contributed by atoms with Crippen molar-refractivity contribution < 1.29 is 0 Å². The van der Waals surface area contributed by atoms with Crippen molar-refractivity contribution in [2.24, 2.45) is 0 Å². The van der Waals surface area contributed by atoms with Gasteiger partial charge in [0.05, 0.1) is 0 Å². The first-order valence-electron chi connectivity index (χ1n) is 2.97. The third-order valence-corrected chi connectivity index (χ3v) is 1.94. The molecule has 0 amide bonds. The first-order valence-corrected chi connectivity index (χ1v) is 2.97. The summed E-state index contributed by atoms with van der Waals surface area (Å²) in [6.45, 7) is 2.50. The second-order valence-electron chi connectivity index (χ2n) is 2.33. The first kappa shape index (κ1) is 3.87. The number of fused-ring (bicyclic) bond motifs is 1. The molecule has 0 aromatic rings. The van der Waals surface area contributed by atoms with E-state index in [9.17, 15) is 0 Å². The monoisotopic (exact) mass is 98.1 g/mol. The third-order valence-electron chi connectivity index (χ3n) is 1.94. The minimum Gasteiger partial charge on any atom is -0.255 e. The van der Waals surface area contributed by atoms with E-state index >= 15 is 0 Å². The van der Waals surface area contributed by atoms with E-state index in [1.165, 1.54) is 25.9 Å². The summed E-state index contributed by atoms with van der Waals surface area (Å²) in [5.74, 6) is 0. The molecule has 2 heterocycles. The molecule has 2 heteroatoms. The second-order valence-corrected chi connectivity index (χ2v) is 2.33. The second kappa shape index (κ2) is 1.20. The molecule has 1 unspecified atom stereocenters. The molecule has 0 saturated carbocycles. The van der Waals surface area contributed by atoms with Gasteiger partial charge < -0.3 is 0 Å². The molecule has 1 N–H and O–H groups in total. The maximum Gasteiger partial charge on any atom is 0.0268 e. The first-order chi connectivity index (χ1) is 3.47. The van der Waals surface area contributed by atoms with Crippen LogP contribution in [-0.4, -0.2) is 24.1 Å². The highest BCUT2D eigenvalue weighted by Crippen LogP contribution is 2.21. The van der Waals surface area contributed by atoms with Gasteiger partial charge in [-0.2, -0.15) is 0 Å². The van der Waals surface area contributed by atoms with Gasteiger partial charge in [-0.3, -0.25) is 5.43 Å². The zero-order valence-electron chi connectivity index (χ0n) is 4.35. The van der Waals surface area contributed by atoms with Gasteiger partial charge in [0.25, 0.3) is 0 Å². The average Bonchev–Trinajstić information content (AvgIpc) is 1.85. The van der Waals surface area contributed by atoms with Crippen LogP contribution in [0.2, 0.25) is 0 Å². The summed E-state index contributed by atoms with van der Waals surface area (Å²) in [6, 6.07) is 0.917. The quantitative estimate of drug-likeness (QED) is 0.457. The Morgan fingerprint density at radius 3 is 2.71 bits per heavy atom. The van der Waals surface area contributed by atoms with E-state index in [0.29, 0.717) is 0 Å². The van der Waals surface area contributed by atoms with Crippen LogP contribution in [0.4, 0.5) is 0 Å². The van der Waals surface area contributed by atoms with E-state index in [4.69, 9.17) is 0 Å². The van der Waals surface area contributed by atoms with Crippen molar-refractivity contribution in [2.45, 2.75) is 18.9 Å². The molecule has 2 aliphatic heterocycles. The molecule has 2 nitrogen and oxygen atoms in total. The minimum atomic E-state index is 0.917. The standard InChI is InChI=1S/C5H10N2/c1-3-6-7-4-2-5(1)7/h5-6H,1-4H2. The van der Waals surface area contributed by atoms with E-state index in [0.717, 1.165) is 6.04 Å². The Balaban J connectivity index is 2.03. The molecule has 40 valence electrons. The maximum atomic E-state index is 3.29. The van der Waals surface area contributed by atoms with E-state index in [1.807, 2.05) is 0 Å². The summed E-state index contributed by atoms with van der Waals surface area (Å²) in [5.41, 5.74) is 3.29. The highest BCUT2D eigenvalue weighted by atomic mass is 15.6. The van der Waals surface area contributed by atoms with Gasteiger partial charge in [0.1, 0.15) is 0 Å². The van der Waals surface area contributed by atoms with Crippen molar-refractivity contribution in [2.75, 3.05) is 13.1 Å². The molecule has 7 heavy (non-hydrogen) atoms. The summed E-state index contributed by atoms with van der Waals surface area (Å²) in [4.78, 5) is 0. The van der Waals surface area contributed by atoms with Crippen LogP contribution in [0, 0.1) is 0 Å². The van der Waals surface area contributed by atoms with Gasteiger partial charge in [0.15, 0.2) is 0 Å². The SMILES string of the molecule is C1CC2CCN2N1. The molecule has 0 spiro atoms. The summed E-state index contributed by atoms with van der Waals surface area (Å²) in [5, 5.41) is 2.33. The third kappa shape index (κ3) is 0.409. The summed E-state index contributed by atoms with van der Waals surface area (Å²) >= 11 is 0. The van der Waals surface area contributed by atoms with Crippen LogP contribution in [0.15, 0.2) is 0 Å². The van der Waals surface area contributed by atoms with Gasteiger partial charge in [-0.05, 0) is 12.8 Å². The number of hydrogen-bond donors (Lipinski definition) is 1. The lowest BCUT2D eigenvalue weighted by molar-refractivity contribution is 0.0881. The van der Waals surface area contributed by atoms with Crippen LogP contribution in [-0.2, 0) is 0 Å². The molecular formula is C5H10N2. The van der Waals surface area contributed by atoms with Crippen LogP contribution in [0.1, 0.15) is 12.8 Å². The fourth-order valence-electron chi connectivity index (χ4n) is 1.32. The molecular weight excluding hydrogens is 88.1 g/mol. The molecule has 2 aliphatic rings. The van der Waals surface area contributed by atoms with E-state index < -0.39 is 0 Å². The zero-order chi connectivity index (χ0) is 4.69. The number of nitrogens with zero attached hydrogens (tertiary/aromatic N) is 1. The zero-order valence-corrected chi connectivity index (χ0v) is 4.35. The topological polar surface area (TPSA) is 15.3 Å². The molecule has 2 saturated heterocycles.